The quantitative estimate of drug-likeness (QED) is 0.815. The van der Waals surface area contributed by atoms with Crippen molar-refractivity contribution in [2.45, 2.75) is 18.8 Å². The van der Waals surface area contributed by atoms with Gasteiger partial charge in [0.05, 0.1) is 11.4 Å². The van der Waals surface area contributed by atoms with Gasteiger partial charge >= 0.3 is 0 Å². The summed E-state index contributed by atoms with van der Waals surface area (Å²) in [6.45, 7) is 0. The molecule has 0 radical (unpaired) electrons. The van der Waals surface area contributed by atoms with E-state index in [1.807, 2.05) is 25.2 Å². The molecule has 2 amide bonds. The van der Waals surface area contributed by atoms with Crippen LogP contribution in [-0.2, 0) is 16.6 Å². The molecule has 1 atom stereocenters. The summed E-state index contributed by atoms with van der Waals surface area (Å²) in [5, 5.41) is 7.65. The van der Waals surface area contributed by atoms with Gasteiger partial charge in [-0.3, -0.25) is 19.6 Å². The molecule has 2 heterocycles. The molecule has 1 fully saturated rings. The average Bonchev–Trinajstić information content (AvgIpc) is 2.65. The molecule has 0 aliphatic carbocycles. The number of piperidine rings is 1. The summed E-state index contributed by atoms with van der Waals surface area (Å²) in [7, 11) is 1.87. The van der Waals surface area contributed by atoms with Crippen molar-refractivity contribution in [3.8, 4) is 0 Å². The second-order valence-corrected chi connectivity index (χ2v) is 5.45. The van der Waals surface area contributed by atoms with Gasteiger partial charge in [0.2, 0.25) is 11.8 Å². The van der Waals surface area contributed by atoms with Gasteiger partial charge in [-0.25, -0.2) is 0 Å². The number of aryl methyl sites for hydroxylation is 1. The Kier molecular flexibility index (Phi) is 2.89. The van der Waals surface area contributed by atoms with Gasteiger partial charge in [0.1, 0.15) is 4.60 Å². The van der Waals surface area contributed by atoms with Crippen LogP contribution in [0.2, 0.25) is 0 Å². The van der Waals surface area contributed by atoms with Gasteiger partial charge in [0.15, 0.2) is 0 Å². The van der Waals surface area contributed by atoms with Crippen LogP contribution < -0.4 is 5.32 Å². The first-order chi connectivity index (χ1) is 9.06. The first-order valence-electron chi connectivity index (χ1n) is 6.02. The minimum atomic E-state index is -0.255. The van der Waals surface area contributed by atoms with Crippen LogP contribution in [0.1, 0.15) is 24.3 Å². The van der Waals surface area contributed by atoms with Crippen LogP contribution in [0.3, 0.4) is 0 Å². The molecule has 6 heteroatoms. The van der Waals surface area contributed by atoms with Crippen molar-refractivity contribution in [1.29, 1.82) is 0 Å². The summed E-state index contributed by atoms with van der Waals surface area (Å²) in [5.74, 6) is -0.658. The summed E-state index contributed by atoms with van der Waals surface area (Å²) in [6, 6.07) is 5.84. The summed E-state index contributed by atoms with van der Waals surface area (Å²) in [6.07, 6.45) is 0.955. The Morgan fingerprint density at radius 1 is 1.42 bits per heavy atom. The molecule has 0 spiro atoms. The Morgan fingerprint density at radius 3 is 2.95 bits per heavy atom. The molecular weight excluding hydrogens is 310 g/mol. The van der Waals surface area contributed by atoms with Crippen molar-refractivity contribution in [3.63, 3.8) is 0 Å². The zero-order chi connectivity index (χ0) is 13.6. The Bertz CT molecular complexity index is 692. The van der Waals surface area contributed by atoms with Gasteiger partial charge in [-0.05, 0) is 40.0 Å². The largest absolute Gasteiger partial charge is 0.296 e. The number of hydrogen-bond donors (Lipinski definition) is 1. The number of hydrogen-bond acceptors (Lipinski definition) is 3. The minimum Gasteiger partial charge on any atom is -0.296 e. The van der Waals surface area contributed by atoms with E-state index in [9.17, 15) is 9.59 Å². The van der Waals surface area contributed by atoms with Crippen LogP contribution in [0.25, 0.3) is 10.9 Å². The second-order valence-electron chi connectivity index (χ2n) is 4.69. The van der Waals surface area contributed by atoms with Crippen LogP contribution in [0.15, 0.2) is 22.8 Å². The highest BCUT2D eigenvalue weighted by molar-refractivity contribution is 9.10. The molecule has 1 aromatic heterocycles. The highest BCUT2D eigenvalue weighted by Crippen LogP contribution is 2.30. The maximum absolute atomic E-state index is 11.9. The van der Waals surface area contributed by atoms with E-state index in [-0.39, 0.29) is 17.7 Å². The van der Waals surface area contributed by atoms with Gasteiger partial charge in [-0.2, -0.15) is 5.10 Å². The first kappa shape index (κ1) is 12.3. The second kappa shape index (κ2) is 4.45. The average molecular weight is 322 g/mol. The van der Waals surface area contributed by atoms with Crippen LogP contribution in [-0.4, -0.2) is 21.6 Å². The monoisotopic (exact) mass is 321 g/mol. The first-order valence-corrected chi connectivity index (χ1v) is 6.81. The summed E-state index contributed by atoms with van der Waals surface area (Å²) in [4.78, 5) is 23.0. The van der Waals surface area contributed by atoms with Gasteiger partial charge in [0.25, 0.3) is 0 Å². The van der Waals surface area contributed by atoms with Crippen LogP contribution in [0, 0.1) is 0 Å². The number of nitrogens with zero attached hydrogens (tertiary/aromatic N) is 2. The van der Waals surface area contributed by atoms with E-state index in [2.05, 4.69) is 26.3 Å². The predicted octanol–water partition coefficient (Wildman–Crippen LogP) is 1.86. The Balaban J connectivity index is 2.04. The molecule has 1 saturated heterocycles. The Labute approximate surface area is 118 Å². The molecule has 5 nitrogen and oxygen atoms in total. The summed E-state index contributed by atoms with van der Waals surface area (Å²) < 4.78 is 2.55. The molecule has 98 valence electrons. The Morgan fingerprint density at radius 2 is 2.21 bits per heavy atom. The molecule has 1 aliphatic rings. The zero-order valence-electron chi connectivity index (χ0n) is 10.3. The number of carbonyl (C=O) groups is 2. The van der Waals surface area contributed by atoms with E-state index in [1.54, 1.807) is 4.68 Å². The van der Waals surface area contributed by atoms with E-state index in [4.69, 9.17) is 0 Å². The molecule has 1 aliphatic heterocycles. The standard InChI is InChI=1S/C13H12BrN3O2/c1-17-10-4-2-7(6-9(10)12(14)16-17)8-3-5-11(18)15-13(8)19/h2,4,6,8H,3,5H2,1H3,(H,15,18,19). The fraction of sp³-hybridized carbons (Fsp3) is 0.308. The fourth-order valence-electron chi connectivity index (χ4n) is 2.47. The molecule has 0 bridgehead atoms. The summed E-state index contributed by atoms with van der Waals surface area (Å²) in [5.41, 5.74) is 1.93. The number of fused-ring (bicyclic) bond motifs is 1. The highest BCUT2D eigenvalue weighted by Gasteiger charge is 2.28. The maximum atomic E-state index is 11.9. The SMILES string of the molecule is Cn1nc(Br)c2cc(C3CCC(=O)NC3=O)ccc21. The number of nitrogens with one attached hydrogen (secondary N) is 1. The van der Waals surface area contributed by atoms with E-state index < -0.39 is 0 Å². The molecule has 19 heavy (non-hydrogen) atoms. The van der Waals surface area contributed by atoms with Crippen LogP contribution in [0.4, 0.5) is 0 Å². The third-order valence-corrected chi connectivity index (χ3v) is 4.06. The third-order valence-electron chi connectivity index (χ3n) is 3.47. The normalized spacial score (nSPS) is 19.8. The third kappa shape index (κ3) is 2.06. The minimum absolute atomic E-state index is 0.190. The Hall–Kier alpha value is -1.69. The topological polar surface area (TPSA) is 64.0 Å². The van der Waals surface area contributed by atoms with Crippen molar-refractivity contribution in [1.82, 2.24) is 15.1 Å². The number of aromatic nitrogens is 2. The molecule has 2 aromatic rings. The number of imide groups is 1. The molecule has 1 N–H and O–H groups in total. The summed E-state index contributed by atoms with van der Waals surface area (Å²) >= 11 is 3.41. The molecule has 3 rings (SSSR count). The van der Waals surface area contributed by atoms with Gasteiger partial charge in [-0.1, -0.05) is 6.07 Å². The van der Waals surface area contributed by atoms with E-state index in [1.165, 1.54) is 0 Å². The smallest absolute Gasteiger partial charge is 0.234 e. The molecule has 1 aromatic carbocycles. The fourth-order valence-corrected chi connectivity index (χ4v) is 3.02. The lowest BCUT2D eigenvalue weighted by Crippen LogP contribution is -2.39. The number of benzene rings is 1. The van der Waals surface area contributed by atoms with Crippen molar-refractivity contribution < 1.29 is 9.59 Å². The number of carbonyl (C=O) groups excluding carboxylic acids is 2. The number of halogens is 1. The zero-order valence-corrected chi connectivity index (χ0v) is 11.9. The van der Waals surface area contributed by atoms with Gasteiger partial charge in [-0.15, -0.1) is 0 Å². The van der Waals surface area contributed by atoms with E-state index >= 15 is 0 Å². The molecule has 1 unspecified atom stereocenters. The van der Waals surface area contributed by atoms with Crippen molar-refractivity contribution in [2.75, 3.05) is 0 Å². The number of amides is 2. The van der Waals surface area contributed by atoms with Gasteiger partial charge < -0.3 is 0 Å². The lowest BCUT2D eigenvalue weighted by Gasteiger charge is -2.21. The van der Waals surface area contributed by atoms with Crippen LogP contribution >= 0.6 is 15.9 Å². The highest BCUT2D eigenvalue weighted by atomic mass is 79.9. The van der Waals surface area contributed by atoms with Crippen molar-refractivity contribution >= 4 is 38.6 Å². The van der Waals surface area contributed by atoms with Crippen LogP contribution in [0.5, 0.6) is 0 Å². The van der Waals surface area contributed by atoms with Crippen molar-refractivity contribution in [2.24, 2.45) is 7.05 Å². The lowest BCUT2D eigenvalue weighted by molar-refractivity contribution is -0.134. The van der Waals surface area contributed by atoms with E-state index in [0.29, 0.717) is 12.8 Å². The number of rotatable bonds is 1. The molecular formula is C13H12BrN3O2. The lowest BCUT2D eigenvalue weighted by atomic mass is 9.90. The predicted molar refractivity (Wildman–Crippen MR) is 73.5 cm³/mol. The maximum Gasteiger partial charge on any atom is 0.234 e. The van der Waals surface area contributed by atoms with E-state index in [0.717, 1.165) is 21.1 Å². The van der Waals surface area contributed by atoms with Crippen molar-refractivity contribution in [3.05, 3.63) is 28.4 Å². The molecule has 0 saturated carbocycles. The van der Waals surface area contributed by atoms with Gasteiger partial charge in [0, 0.05) is 18.9 Å².